The van der Waals surface area contributed by atoms with Gasteiger partial charge in [-0.15, -0.1) is 0 Å². The Balaban J connectivity index is 2.42. The van der Waals surface area contributed by atoms with Crippen LogP contribution in [0.3, 0.4) is 0 Å². The van der Waals surface area contributed by atoms with E-state index in [0.29, 0.717) is 17.2 Å². The Hall–Kier alpha value is -3.00. The van der Waals surface area contributed by atoms with Gasteiger partial charge in [0, 0.05) is 18.0 Å². The molecule has 30 heavy (non-hydrogen) atoms. The Bertz CT molecular complexity index is 1030. The van der Waals surface area contributed by atoms with E-state index in [1.54, 1.807) is 30.3 Å². The van der Waals surface area contributed by atoms with E-state index in [-0.39, 0.29) is 10.3 Å². The van der Waals surface area contributed by atoms with Gasteiger partial charge >= 0.3 is 5.97 Å². The molecule has 2 aromatic rings. The van der Waals surface area contributed by atoms with Crippen molar-refractivity contribution in [1.82, 2.24) is 0 Å². The van der Waals surface area contributed by atoms with Gasteiger partial charge in [-0.2, -0.15) is 0 Å². The molecular weight excluding hydrogens is 406 g/mol. The van der Waals surface area contributed by atoms with Crippen LogP contribution in [0.15, 0.2) is 58.5 Å². The van der Waals surface area contributed by atoms with Crippen LogP contribution >= 0.6 is 0 Å². The first-order chi connectivity index (χ1) is 14.0. The second-order valence-corrected chi connectivity index (χ2v) is 9.41. The maximum atomic E-state index is 13.1. The van der Waals surface area contributed by atoms with Gasteiger partial charge < -0.3 is 19.5 Å². The molecule has 0 atom stereocenters. The molecule has 162 valence electrons. The fourth-order valence-electron chi connectivity index (χ4n) is 2.68. The van der Waals surface area contributed by atoms with Crippen LogP contribution < -0.4 is 14.8 Å². The molecule has 0 bridgehead atoms. The summed E-state index contributed by atoms with van der Waals surface area (Å²) in [5.74, 6) is 0.00537. The van der Waals surface area contributed by atoms with E-state index in [1.807, 2.05) is 20.8 Å². The number of benzene rings is 2. The molecule has 2 rings (SSSR count). The Morgan fingerprint density at radius 1 is 0.933 bits per heavy atom. The van der Waals surface area contributed by atoms with E-state index in [0.717, 1.165) is 18.9 Å². The van der Waals surface area contributed by atoms with Crippen LogP contribution in [0.4, 0.5) is 5.69 Å². The molecule has 2 aromatic carbocycles. The Morgan fingerprint density at radius 2 is 1.53 bits per heavy atom. The summed E-state index contributed by atoms with van der Waals surface area (Å²) < 4.78 is 41.3. The fraction of sp³-hybridized carbons (Fsp3) is 0.318. The topological polar surface area (TPSA) is 90.9 Å². The second-order valence-electron chi connectivity index (χ2n) is 7.49. The van der Waals surface area contributed by atoms with Gasteiger partial charge in [0.25, 0.3) is 0 Å². The molecule has 0 fully saturated rings. The first-order valence-corrected chi connectivity index (χ1v) is 10.7. The minimum atomic E-state index is -4.11. The quantitative estimate of drug-likeness (QED) is 0.523. The molecule has 0 unspecified atom stereocenters. The number of hydrogen-bond donors (Lipinski definition) is 1. The number of anilines is 1. The van der Waals surface area contributed by atoms with Crippen LogP contribution in [0.2, 0.25) is 0 Å². The maximum absolute atomic E-state index is 13.1. The summed E-state index contributed by atoms with van der Waals surface area (Å²) in [5.41, 5.74) is 1.36. The summed E-state index contributed by atoms with van der Waals surface area (Å²) in [5, 5.41) is 2.82. The Morgan fingerprint density at radius 3 is 2.03 bits per heavy atom. The number of carbonyl (C=O) groups is 1. The summed E-state index contributed by atoms with van der Waals surface area (Å²) in [7, 11) is 0.0254. The van der Waals surface area contributed by atoms with Crippen molar-refractivity contribution in [3.63, 3.8) is 0 Å². The molecule has 0 aliphatic heterocycles. The van der Waals surface area contributed by atoms with Crippen LogP contribution in [0.25, 0.3) is 0 Å². The van der Waals surface area contributed by atoms with Crippen molar-refractivity contribution >= 4 is 21.5 Å². The van der Waals surface area contributed by atoms with Crippen LogP contribution in [-0.2, 0) is 24.8 Å². The summed E-state index contributed by atoms with van der Waals surface area (Å²) in [6.45, 7) is 6.09. The van der Waals surface area contributed by atoms with Crippen molar-refractivity contribution in [2.75, 3.05) is 26.6 Å². The number of rotatable bonds is 7. The molecule has 7 nitrogen and oxygen atoms in total. The highest BCUT2D eigenvalue weighted by atomic mass is 32.2. The minimum Gasteiger partial charge on any atom is -0.493 e. The Labute approximate surface area is 177 Å². The third-order valence-corrected chi connectivity index (χ3v) is 6.22. The summed E-state index contributed by atoms with van der Waals surface area (Å²) >= 11 is 0. The average Bonchev–Trinajstić information content (AvgIpc) is 2.72. The lowest BCUT2D eigenvalue weighted by atomic mass is 9.87. The van der Waals surface area contributed by atoms with E-state index in [1.165, 1.54) is 26.4 Å². The SMILES string of the molecule is COC(=O)/C(=C/Nc1ccc(OC)c(OC)c1)S(=O)(=O)c1ccc(C(C)(C)C)cc1. The number of carbonyl (C=O) groups excluding carboxylic acids is 1. The standard InChI is InChI=1S/C22H27NO6S/c1-22(2,3)15-7-10-17(11-8-15)30(25,26)20(21(24)29-6)14-23-16-9-12-18(27-4)19(13-16)28-5/h7-14,23H,1-6H3/b20-14-. The van der Waals surface area contributed by atoms with Gasteiger partial charge in [0.15, 0.2) is 16.4 Å². The van der Waals surface area contributed by atoms with Crippen molar-refractivity contribution in [3.05, 3.63) is 59.1 Å². The zero-order valence-electron chi connectivity index (χ0n) is 18.0. The first-order valence-electron chi connectivity index (χ1n) is 9.17. The first kappa shape index (κ1) is 23.3. The summed E-state index contributed by atoms with van der Waals surface area (Å²) in [6, 6.07) is 11.4. The second kappa shape index (κ2) is 9.21. The third-order valence-electron chi connectivity index (χ3n) is 4.46. The molecule has 8 heteroatoms. The molecule has 0 spiro atoms. The molecule has 1 N–H and O–H groups in total. The zero-order valence-corrected chi connectivity index (χ0v) is 18.8. The van der Waals surface area contributed by atoms with Gasteiger partial charge in [0.1, 0.15) is 0 Å². The average molecular weight is 434 g/mol. The van der Waals surface area contributed by atoms with Crippen molar-refractivity contribution < 1.29 is 27.4 Å². The molecule has 0 aliphatic rings. The van der Waals surface area contributed by atoms with Crippen LogP contribution in [0.1, 0.15) is 26.3 Å². The lowest BCUT2D eigenvalue weighted by Crippen LogP contribution is -2.17. The highest BCUT2D eigenvalue weighted by molar-refractivity contribution is 7.96. The van der Waals surface area contributed by atoms with E-state index in [2.05, 4.69) is 5.32 Å². The number of esters is 1. The van der Waals surface area contributed by atoms with Gasteiger partial charge in [-0.3, -0.25) is 0 Å². The van der Waals surface area contributed by atoms with Crippen molar-refractivity contribution in [2.45, 2.75) is 31.1 Å². The number of nitrogens with one attached hydrogen (secondary N) is 1. The van der Waals surface area contributed by atoms with Gasteiger partial charge in [-0.1, -0.05) is 32.9 Å². The van der Waals surface area contributed by atoms with Crippen LogP contribution in [0, 0.1) is 0 Å². The highest BCUT2D eigenvalue weighted by Gasteiger charge is 2.28. The minimum absolute atomic E-state index is 0.00117. The molecular formula is C22H27NO6S. The van der Waals surface area contributed by atoms with Crippen molar-refractivity contribution in [2.24, 2.45) is 0 Å². The Kier molecular flexibility index (Phi) is 7.15. The van der Waals surface area contributed by atoms with Gasteiger partial charge in [-0.05, 0) is 35.2 Å². The number of sulfone groups is 1. The highest BCUT2D eigenvalue weighted by Crippen LogP contribution is 2.30. The smallest absolute Gasteiger partial charge is 0.351 e. The number of ether oxygens (including phenoxy) is 3. The lowest BCUT2D eigenvalue weighted by Gasteiger charge is -2.19. The summed E-state index contributed by atoms with van der Waals surface area (Å²) in [6.07, 6.45) is 1.11. The van der Waals surface area contributed by atoms with E-state index >= 15 is 0 Å². The molecule has 0 saturated carbocycles. The molecule has 0 heterocycles. The van der Waals surface area contributed by atoms with Crippen LogP contribution in [-0.4, -0.2) is 35.7 Å². The van der Waals surface area contributed by atoms with Gasteiger partial charge in [-0.25, -0.2) is 13.2 Å². The van der Waals surface area contributed by atoms with Crippen molar-refractivity contribution in [1.29, 1.82) is 0 Å². The largest absolute Gasteiger partial charge is 0.493 e. The molecule has 0 amide bonds. The predicted octanol–water partition coefficient (Wildman–Crippen LogP) is 3.90. The van der Waals surface area contributed by atoms with Gasteiger partial charge in [0.2, 0.25) is 9.84 Å². The monoisotopic (exact) mass is 433 g/mol. The molecule has 0 radical (unpaired) electrons. The fourth-order valence-corrected chi connectivity index (χ4v) is 3.95. The van der Waals surface area contributed by atoms with Gasteiger partial charge in [0.05, 0.1) is 26.2 Å². The number of hydrogen-bond acceptors (Lipinski definition) is 7. The molecule has 0 aliphatic carbocycles. The predicted molar refractivity (Wildman–Crippen MR) is 116 cm³/mol. The summed E-state index contributed by atoms with van der Waals surface area (Å²) in [4.78, 5) is 11.7. The van der Waals surface area contributed by atoms with E-state index in [9.17, 15) is 13.2 Å². The molecule has 0 saturated heterocycles. The normalized spacial score (nSPS) is 12.3. The van der Waals surface area contributed by atoms with E-state index < -0.39 is 20.7 Å². The third kappa shape index (κ3) is 5.13. The van der Waals surface area contributed by atoms with Crippen molar-refractivity contribution in [3.8, 4) is 11.5 Å². The van der Waals surface area contributed by atoms with Crippen LogP contribution in [0.5, 0.6) is 11.5 Å². The molecule has 0 aromatic heterocycles. The van der Waals surface area contributed by atoms with E-state index in [4.69, 9.17) is 14.2 Å². The maximum Gasteiger partial charge on any atom is 0.351 e. The zero-order chi connectivity index (χ0) is 22.5. The lowest BCUT2D eigenvalue weighted by molar-refractivity contribution is -0.135. The number of methoxy groups -OCH3 is 3.